The molecule has 2 aliphatic rings. The molecule has 1 atom stereocenters. The molecular weight excluding hydrogens is 369 g/mol. The lowest BCUT2D eigenvalue weighted by molar-refractivity contribution is -0.140. The highest BCUT2D eigenvalue weighted by molar-refractivity contribution is 5.78. The molecular formula is C23H28FN3O2. The van der Waals surface area contributed by atoms with Gasteiger partial charge < -0.3 is 9.64 Å². The summed E-state index contributed by atoms with van der Waals surface area (Å²) in [6, 6.07) is 16.9. The Labute approximate surface area is 171 Å². The van der Waals surface area contributed by atoms with Crippen LogP contribution < -0.4 is 0 Å². The number of carbonyl (C=O) groups excluding carboxylic acids is 1. The summed E-state index contributed by atoms with van der Waals surface area (Å²) in [5.41, 5.74) is 2.25. The lowest BCUT2D eigenvalue weighted by Crippen LogP contribution is -2.51. The lowest BCUT2D eigenvalue weighted by Gasteiger charge is -2.37. The molecule has 0 N–H and O–H groups in total. The van der Waals surface area contributed by atoms with E-state index in [0.717, 1.165) is 38.3 Å². The summed E-state index contributed by atoms with van der Waals surface area (Å²) in [6.45, 7) is 6.84. The van der Waals surface area contributed by atoms with Crippen LogP contribution in [0.15, 0.2) is 54.6 Å². The van der Waals surface area contributed by atoms with Gasteiger partial charge in [0, 0.05) is 39.3 Å². The second-order valence-electron chi connectivity index (χ2n) is 7.79. The van der Waals surface area contributed by atoms with Crippen LogP contribution in [0.25, 0.3) is 0 Å². The quantitative estimate of drug-likeness (QED) is 0.777. The van der Waals surface area contributed by atoms with Crippen LogP contribution in [-0.2, 0) is 16.1 Å². The normalized spacial score (nSPS) is 21.3. The third kappa shape index (κ3) is 5.41. The number of piperazine rings is 1. The summed E-state index contributed by atoms with van der Waals surface area (Å²) in [7, 11) is 0. The monoisotopic (exact) mass is 397 g/mol. The van der Waals surface area contributed by atoms with E-state index in [1.54, 1.807) is 12.1 Å². The molecule has 1 unspecified atom stereocenters. The maximum Gasteiger partial charge on any atom is 0.236 e. The molecule has 2 saturated heterocycles. The van der Waals surface area contributed by atoms with Gasteiger partial charge in [-0.15, -0.1) is 0 Å². The van der Waals surface area contributed by atoms with E-state index in [2.05, 4.69) is 34.1 Å². The van der Waals surface area contributed by atoms with Gasteiger partial charge in [0.25, 0.3) is 0 Å². The Bertz CT molecular complexity index is 792. The molecule has 6 heteroatoms. The number of amides is 1. The minimum Gasteiger partial charge on any atom is -0.370 e. The van der Waals surface area contributed by atoms with E-state index in [0.29, 0.717) is 26.2 Å². The molecule has 2 aliphatic heterocycles. The molecule has 154 valence electrons. The van der Waals surface area contributed by atoms with Gasteiger partial charge in [-0.05, 0) is 23.3 Å². The number of nitrogens with zero attached hydrogens (tertiary/aromatic N) is 3. The molecule has 0 aromatic heterocycles. The fourth-order valence-corrected chi connectivity index (χ4v) is 3.99. The number of morpholine rings is 1. The minimum absolute atomic E-state index is 0.150. The Morgan fingerprint density at radius 2 is 1.62 bits per heavy atom. The van der Waals surface area contributed by atoms with Crippen LogP contribution in [0.1, 0.15) is 17.2 Å². The van der Waals surface area contributed by atoms with Gasteiger partial charge in [0.2, 0.25) is 5.91 Å². The number of rotatable bonds is 5. The first kappa shape index (κ1) is 20.0. The highest BCUT2D eigenvalue weighted by atomic mass is 19.1. The van der Waals surface area contributed by atoms with Gasteiger partial charge in [0.15, 0.2) is 0 Å². The summed E-state index contributed by atoms with van der Waals surface area (Å²) in [6.07, 6.45) is -0.184. The van der Waals surface area contributed by atoms with Crippen molar-refractivity contribution in [3.63, 3.8) is 0 Å². The fraction of sp³-hybridized carbons (Fsp3) is 0.435. The second kappa shape index (κ2) is 9.48. The van der Waals surface area contributed by atoms with Crippen LogP contribution in [0.2, 0.25) is 0 Å². The van der Waals surface area contributed by atoms with Gasteiger partial charge >= 0.3 is 0 Å². The van der Waals surface area contributed by atoms with Gasteiger partial charge in [0.1, 0.15) is 11.9 Å². The van der Waals surface area contributed by atoms with Crippen LogP contribution >= 0.6 is 0 Å². The zero-order valence-electron chi connectivity index (χ0n) is 16.7. The molecule has 0 saturated carbocycles. The van der Waals surface area contributed by atoms with Crippen molar-refractivity contribution in [2.24, 2.45) is 0 Å². The molecule has 2 aromatic carbocycles. The van der Waals surface area contributed by atoms with E-state index in [9.17, 15) is 9.18 Å². The standard InChI is InChI=1S/C23H28FN3O2/c24-21-8-6-20(7-9-21)22-17-27(14-15-29-22)23(28)18-26-12-10-25(11-13-26)16-19-4-2-1-3-5-19/h1-9,22H,10-18H2. The average molecular weight is 397 g/mol. The molecule has 2 fully saturated rings. The zero-order valence-corrected chi connectivity index (χ0v) is 16.7. The Balaban J connectivity index is 1.24. The van der Waals surface area contributed by atoms with Crippen molar-refractivity contribution in [3.8, 4) is 0 Å². The maximum atomic E-state index is 13.2. The number of carbonyl (C=O) groups is 1. The van der Waals surface area contributed by atoms with Crippen molar-refractivity contribution in [1.82, 2.24) is 14.7 Å². The van der Waals surface area contributed by atoms with Crippen molar-refractivity contribution in [1.29, 1.82) is 0 Å². The van der Waals surface area contributed by atoms with Crippen LogP contribution in [0.5, 0.6) is 0 Å². The highest BCUT2D eigenvalue weighted by Crippen LogP contribution is 2.22. The SMILES string of the molecule is O=C(CN1CCN(Cc2ccccc2)CC1)N1CCOC(c2ccc(F)cc2)C1. The van der Waals surface area contributed by atoms with E-state index in [1.165, 1.54) is 17.7 Å². The lowest BCUT2D eigenvalue weighted by atomic mass is 10.1. The van der Waals surface area contributed by atoms with E-state index < -0.39 is 0 Å². The number of halogens is 1. The highest BCUT2D eigenvalue weighted by Gasteiger charge is 2.27. The Kier molecular flexibility index (Phi) is 6.54. The average Bonchev–Trinajstić information content (AvgIpc) is 2.76. The third-order valence-electron chi connectivity index (χ3n) is 5.73. The van der Waals surface area contributed by atoms with Crippen LogP contribution in [0, 0.1) is 5.82 Å². The number of ether oxygens (including phenoxy) is 1. The van der Waals surface area contributed by atoms with Crippen LogP contribution in [0.3, 0.4) is 0 Å². The Morgan fingerprint density at radius 1 is 0.931 bits per heavy atom. The van der Waals surface area contributed by atoms with Crippen LogP contribution in [-0.4, -0.2) is 73.0 Å². The summed E-state index contributed by atoms with van der Waals surface area (Å²) in [4.78, 5) is 19.4. The molecule has 0 bridgehead atoms. The number of hydrogen-bond donors (Lipinski definition) is 0. The summed E-state index contributed by atoms with van der Waals surface area (Å²) >= 11 is 0. The maximum absolute atomic E-state index is 13.2. The molecule has 0 spiro atoms. The predicted octanol–water partition coefficient (Wildman–Crippen LogP) is 2.54. The Morgan fingerprint density at radius 3 is 2.34 bits per heavy atom. The Hall–Kier alpha value is -2.28. The topological polar surface area (TPSA) is 36.0 Å². The molecule has 5 nitrogen and oxygen atoms in total. The van der Waals surface area contributed by atoms with Crippen molar-refractivity contribution in [2.75, 3.05) is 52.4 Å². The summed E-state index contributed by atoms with van der Waals surface area (Å²) < 4.78 is 19.0. The minimum atomic E-state index is -0.260. The summed E-state index contributed by atoms with van der Waals surface area (Å²) in [5.74, 6) is -0.110. The second-order valence-corrected chi connectivity index (χ2v) is 7.79. The molecule has 2 aromatic rings. The van der Waals surface area contributed by atoms with Gasteiger partial charge in [-0.2, -0.15) is 0 Å². The van der Waals surface area contributed by atoms with E-state index in [1.807, 2.05) is 11.0 Å². The van der Waals surface area contributed by atoms with Crippen molar-refractivity contribution in [2.45, 2.75) is 12.6 Å². The molecule has 2 heterocycles. The number of benzene rings is 2. The smallest absolute Gasteiger partial charge is 0.236 e. The summed E-state index contributed by atoms with van der Waals surface area (Å²) in [5, 5.41) is 0. The number of hydrogen-bond acceptors (Lipinski definition) is 4. The van der Waals surface area contributed by atoms with Crippen molar-refractivity contribution in [3.05, 3.63) is 71.5 Å². The third-order valence-corrected chi connectivity index (χ3v) is 5.73. The fourth-order valence-electron chi connectivity index (χ4n) is 3.99. The van der Waals surface area contributed by atoms with Crippen LogP contribution in [0.4, 0.5) is 4.39 Å². The first-order chi connectivity index (χ1) is 14.2. The molecule has 0 aliphatic carbocycles. The first-order valence-electron chi connectivity index (χ1n) is 10.3. The van der Waals surface area contributed by atoms with E-state index >= 15 is 0 Å². The zero-order chi connectivity index (χ0) is 20.1. The molecule has 1 amide bonds. The molecule has 29 heavy (non-hydrogen) atoms. The largest absolute Gasteiger partial charge is 0.370 e. The molecule has 0 radical (unpaired) electrons. The van der Waals surface area contributed by atoms with Gasteiger partial charge in [0.05, 0.1) is 19.7 Å². The predicted molar refractivity (Wildman–Crippen MR) is 110 cm³/mol. The van der Waals surface area contributed by atoms with Gasteiger partial charge in [-0.3, -0.25) is 14.6 Å². The molecule has 4 rings (SSSR count). The van der Waals surface area contributed by atoms with Gasteiger partial charge in [-0.25, -0.2) is 4.39 Å². The van der Waals surface area contributed by atoms with Crippen molar-refractivity contribution >= 4 is 5.91 Å². The van der Waals surface area contributed by atoms with E-state index in [-0.39, 0.29) is 17.8 Å². The van der Waals surface area contributed by atoms with E-state index in [4.69, 9.17) is 4.74 Å². The first-order valence-corrected chi connectivity index (χ1v) is 10.3. The van der Waals surface area contributed by atoms with Crippen molar-refractivity contribution < 1.29 is 13.9 Å². The van der Waals surface area contributed by atoms with Gasteiger partial charge in [-0.1, -0.05) is 42.5 Å².